The normalized spacial score (nSPS) is 19.4. The summed E-state index contributed by atoms with van der Waals surface area (Å²) in [5.74, 6) is 0.941. The number of rotatable bonds is 5. The molecule has 0 bridgehead atoms. The predicted molar refractivity (Wildman–Crippen MR) is 90.7 cm³/mol. The first-order valence-electron chi connectivity index (χ1n) is 9.05. The van der Waals surface area contributed by atoms with Crippen molar-refractivity contribution < 1.29 is 14.3 Å². The molecule has 2 heterocycles. The van der Waals surface area contributed by atoms with E-state index in [0.717, 1.165) is 12.8 Å². The van der Waals surface area contributed by atoms with E-state index >= 15 is 0 Å². The highest BCUT2D eigenvalue weighted by Crippen LogP contribution is 2.25. The molecule has 2 fully saturated rings. The van der Waals surface area contributed by atoms with Gasteiger partial charge in [-0.2, -0.15) is 0 Å². The summed E-state index contributed by atoms with van der Waals surface area (Å²) in [6, 6.07) is 1.76. The summed E-state index contributed by atoms with van der Waals surface area (Å²) in [5.41, 5.74) is 0.655. The Hall–Kier alpha value is -1.98. The molecule has 1 saturated carbocycles. The van der Waals surface area contributed by atoms with Crippen LogP contribution in [0.15, 0.2) is 18.5 Å². The number of hydrogen-bond donors (Lipinski definition) is 2. The van der Waals surface area contributed by atoms with Crippen molar-refractivity contribution in [2.75, 3.05) is 26.2 Å². The number of H-pyrrole nitrogens is 1. The fourth-order valence-corrected chi connectivity index (χ4v) is 3.58. The minimum atomic E-state index is -0.170. The maximum absolute atomic E-state index is 12.1. The van der Waals surface area contributed by atoms with Crippen LogP contribution in [0.2, 0.25) is 0 Å². The van der Waals surface area contributed by atoms with Gasteiger partial charge in [-0.3, -0.25) is 4.79 Å². The number of carbonyl (C=O) groups excluding carboxylic acids is 2. The van der Waals surface area contributed by atoms with Gasteiger partial charge < -0.3 is 19.9 Å². The van der Waals surface area contributed by atoms with Crippen LogP contribution in [-0.4, -0.2) is 48.1 Å². The van der Waals surface area contributed by atoms with Gasteiger partial charge in [0, 0.05) is 32.0 Å². The van der Waals surface area contributed by atoms with Gasteiger partial charge in [0.1, 0.15) is 0 Å². The Kier molecular flexibility index (Phi) is 5.77. The third-order valence-corrected chi connectivity index (χ3v) is 5.20. The number of nitrogens with one attached hydrogen (secondary N) is 2. The van der Waals surface area contributed by atoms with Crippen LogP contribution >= 0.6 is 0 Å². The van der Waals surface area contributed by atoms with Crippen LogP contribution in [0, 0.1) is 11.8 Å². The number of aromatic amines is 1. The highest BCUT2D eigenvalue weighted by atomic mass is 16.6. The third-order valence-electron chi connectivity index (χ3n) is 5.20. The molecule has 0 atom stereocenters. The average Bonchev–Trinajstić information content (AvgIpc) is 3.31. The summed E-state index contributed by atoms with van der Waals surface area (Å²) in [6.07, 6.45) is 9.99. The third kappa shape index (κ3) is 4.52. The summed E-state index contributed by atoms with van der Waals surface area (Å²) < 4.78 is 5.46. The molecule has 24 heavy (non-hydrogen) atoms. The largest absolute Gasteiger partial charge is 0.449 e. The number of likely N-dealkylation sites (tertiary alicyclic amines) is 1. The van der Waals surface area contributed by atoms with Gasteiger partial charge in [-0.1, -0.05) is 12.8 Å². The number of carbonyl (C=O) groups is 2. The van der Waals surface area contributed by atoms with E-state index in [4.69, 9.17) is 4.74 Å². The molecule has 0 aromatic carbocycles. The van der Waals surface area contributed by atoms with Crippen LogP contribution in [0.5, 0.6) is 0 Å². The van der Waals surface area contributed by atoms with Gasteiger partial charge in [0.25, 0.3) is 5.91 Å². The molecule has 6 nitrogen and oxygen atoms in total. The number of nitrogens with zero attached hydrogens (tertiary/aromatic N) is 1. The van der Waals surface area contributed by atoms with E-state index in [1.807, 2.05) is 0 Å². The lowest BCUT2D eigenvalue weighted by atomic mass is 9.97. The lowest BCUT2D eigenvalue weighted by Gasteiger charge is -2.31. The second-order valence-corrected chi connectivity index (χ2v) is 6.97. The first-order valence-corrected chi connectivity index (χ1v) is 9.05. The minimum Gasteiger partial charge on any atom is -0.449 e. The average molecular weight is 333 g/mol. The number of aromatic nitrogens is 1. The molecular weight excluding hydrogens is 306 g/mol. The van der Waals surface area contributed by atoms with E-state index < -0.39 is 0 Å². The van der Waals surface area contributed by atoms with Crippen molar-refractivity contribution in [1.29, 1.82) is 0 Å². The van der Waals surface area contributed by atoms with Crippen molar-refractivity contribution in [3.63, 3.8) is 0 Å². The minimum absolute atomic E-state index is 0.0466. The monoisotopic (exact) mass is 333 g/mol. The van der Waals surface area contributed by atoms with Crippen molar-refractivity contribution in [3.05, 3.63) is 24.0 Å². The molecule has 1 aliphatic carbocycles. The second kappa shape index (κ2) is 8.22. The predicted octanol–water partition coefficient (Wildman–Crippen LogP) is 2.78. The van der Waals surface area contributed by atoms with Crippen LogP contribution in [0.4, 0.5) is 4.79 Å². The van der Waals surface area contributed by atoms with Crippen LogP contribution < -0.4 is 5.32 Å². The highest BCUT2D eigenvalue weighted by Gasteiger charge is 2.25. The van der Waals surface area contributed by atoms with Gasteiger partial charge in [-0.05, 0) is 43.6 Å². The molecule has 1 aromatic rings. The Morgan fingerprint density at radius 2 is 1.92 bits per heavy atom. The van der Waals surface area contributed by atoms with Crippen molar-refractivity contribution in [2.45, 2.75) is 38.5 Å². The summed E-state index contributed by atoms with van der Waals surface area (Å²) >= 11 is 0. The van der Waals surface area contributed by atoms with Gasteiger partial charge in [0.05, 0.1) is 12.2 Å². The Morgan fingerprint density at radius 3 is 2.58 bits per heavy atom. The number of piperidine rings is 1. The molecule has 1 aromatic heterocycles. The maximum atomic E-state index is 12.1. The van der Waals surface area contributed by atoms with Crippen molar-refractivity contribution in [1.82, 2.24) is 15.2 Å². The molecule has 0 radical (unpaired) electrons. The van der Waals surface area contributed by atoms with Gasteiger partial charge >= 0.3 is 6.09 Å². The zero-order valence-electron chi connectivity index (χ0n) is 14.1. The first-order chi connectivity index (χ1) is 11.7. The first kappa shape index (κ1) is 16.9. The molecule has 1 saturated heterocycles. The number of hydrogen-bond acceptors (Lipinski definition) is 3. The molecule has 0 unspecified atom stereocenters. The lowest BCUT2D eigenvalue weighted by Crippen LogP contribution is -2.42. The second-order valence-electron chi connectivity index (χ2n) is 6.97. The Bertz CT molecular complexity index is 530. The van der Waals surface area contributed by atoms with Gasteiger partial charge in [-0.25, -0.2) is 4.79 Å². The van der Waals surface area contributed by atoms with Gasteiger partial charge in [0.2, 0.25) is 0 Å². The Labute approximate surface area is 142 Å². The fourth-order valence-electron chi connectivity index (χ4n) is 3.58. The summed E-state index contributed by atoms with van der Waals surface area (Å²) in [5, 5.41) is 2.97. The topological polar surface area (TPSA) is 74.4 Å². The molecule has 0 spiro atoms. The zero-order valence-corrected chi connectivity index (χ0v) is 14.1. The van der Waals surface area contributed by atoms with E-state index in [9.17, 15) is 9.59 Å². The SMILES string of the molecule is O=C(NCC1CCN(C(=O)OCC2CCCC2)CC1)c1cc[nH]c1. The van der Waals surface area contributed by atoms with Crippen molar-refractivity contribution >= 4 is 12.0 Å². The highest BCUT2D eigenvalue weighted by molar-refractivity contribution is 5.93. The van der Waals surface area contributed by atoms with Gasteiger partial charge in [0.15, 0.2) is 0 Å². The van der Waals surface area contributed by atoms with E-state index in [2.05, 4.69) is 10.3 Å². The summed E-state index contributed by atoms with van der Waals surface area (Å²) in [4.78, 5) is 28.7. The van der Waals surface area contributed by atoms with Crippen molar-refractivity contribution in [3.8, 4) is 0 Å². The molecule has 2 aliphatic rings. The van der Waals surface area contributed by atoms with E-state index in [-0.39, 0.29) is 12.0 Å². The van der Waals surface area contributed by atoms with E-state index in [1.54, 1.807) is 23.4 Å². The van der Waals surface area contributed by atoms with Crippen molar-refractivity contribution in [2.24, 2.45) is 11.8 Å². The smallest absolute Gasteiger partial charge is 0.409 e. The zero-order chi connectivity index (χ0) is 16.8. The lowest BCUT2D eigenvalue weighted by molar-refractivity contribution is 0.0744. The molecule has 1 aliphatic heterocycles. The molecule has 132 valence electrons. The molecular formula is C18H27N3O3. The maximum Gasteiger partial charge on any atom is 0.409 e. The van der Waals surface area contributed by atoms with Gasteiger partial charge in [-0.15, -0.1) is 0 Å². The van der Waals surface area contributed by atoms with Crippen LogP contribution in [-0.2, 0) is 4.74 Å². The molecule has 2 N–H and O–H groups in total. The number of amides is 2. The quantitative estimate of drug-likeness (QED) is 0.870. The molecule has 6 heteroatoms. The Morgan fingerprint density at radius 1 is 1.17 bits per heavy atom. The summed E-state index contributed by atoms with van der Waals surface area (Å²) in [6.45, 7) is 2.67. The van der Waals surface area contributed by atoms with E-state index in [0.29, 0.717) is 43.6 Å². The number of ether oxygens (including phenoxy) is 1. The van der Waals surface area contributed by atoms with Crippen LogP contribution in [0.3, 0.4) is 0 Å². The fraction of sp³-hybridized carbons (Fsp3) is 0.667. The van der Waals surface area contributed by atoms with Crippen LogP contribution in [0.1, 0.15) is 48.9 Å². The summed E-state index contributed by atoms with van der Waals surface area (Å²) in [7, 11) is 0. The molecule has 2 amide bonds. The molecule has 3 rings (SSSR count). The van der Waals surface area contributed by atoms with E-state index in [1.165, 1.54) is 25.7 Å². The Balaban J connectivity index is 1.33. The van der Waals surface area contributed by atoms with Crippen LogP contribution in [0.25, 0.3) is 0 Å². The standard InChI is InChI=1S/C18H27N3O3/c22-17(16-5-8-19-12-16)20-11-14-6-9-21(10-7-14)18(23)24-13-15-3-1-2-4-15/h5,8,12,14-15,19H,1-4,6-7,9-11,13H2,(H,20,22).